The van der Waals surface area contributed by atoms with E-state index in [1.807, 2.05) is 6.92 Å². The van der Waals surface area contributed by atoms with Crippen molar-refractivity contribution in [2.45, 2.75) is 52.2 Å². The molecule has 0 amide bonds. The molecule has 1 aromatic rings. The van der Waals surface area contributed by atoms with E-state index in [1.165, 1.54) is 0 Å². The lowest BCUT2D eigenvalue weighted by molar-refractivity contribution is -0.0553. The van der Waals surface area contributed by atoms with Crippen LogP contribution in [-0.2, 0) is 4.74 Å². The summed E-state index contributed by atoms with van der Waals surface area (Å²) in [5, 5.41) is 6.79. The Kier molecular flexibility index (Phi) is 4.24. The fraction of sp³-hybridized carbons (Fsp3) is 0.714. The minimum atomic E-state index is -0.0542. The van der Waals surface area contributed by atoms with Gasteiger partial charge in [-0.2, -0.15) is 0 Å². The quantitative estimate of drug-likeness (QED) is 0.875. The van der Waals surface area contributed by atoms with Crippen LogP contribution in [0.2, 0.25) is 0 Å². The zero-order valence-electron chi connectivity index (χ0n) is 12.3. The predicted octanol–water partition coefficient (Wildman–Crippen LogP) is 2.59. The van der Waals surface area contributed by atoms with Crippen molar-refractivity contribution in [3.63, 3.8) is 0 Å². The van der Waals surface area contributed by atoms with E-state index in [9.17, 15) is 0 Å². The summed E-state index contributed by atoms with van der Waals surface area (Å²) in [4.78, 5) is 8.62. The van der Waals surface area contributed by atoms with Crippen LogP contribution in [0.25, 0.3) is 0 Å². The number of aromatic nitrogens is 2. The number of ether oxygens (including phenoxy) is 1. The van der Waals surface area contributed by atoms with Crippen LogP contribution in [0.1, 0.15) is 39.2 Å². The highest BCUT2D eigenvalue weighted by Gasteiger charge is 2.29. The summed E-state index contributed by atoms with van der Waals surface area (Å²) in [5.41, 5.74) is 1.02. The normalized spacial score (nSPS) is 22.0. The molecule has 0 bridgehead atoms. The van der Waals surface area contributed by atoms with Gasteiger partial charge in [0.1, 0.15) is 18.0 Å². The number of nitrogens with zero attached hydrogens (tertiary/aromatic N) is 2. The Balaban J connectivity index is 2.08. The minimum Gasteiger partial charge on any atom is -0.375 e. The fourth-order valence-corrected chi connectivity index (χ4v) is 2.49. The van der Waals surface area contributed by atoms with Crippen molar-refractivity contribution >= 4 is 11.6 Å². The molecule has 19 heavy (non-hydrogen) atoms. The van der Waals surface area contributed by atoms with Gasteiger partial charge in [0, 0.05) is 24.8 Å². The van der Waals surface area contributed by atoms with Crippen molar-refractivity contribution in [3.05, 3.63) is 11.9 Å². The molecule has 0 radical (unpaired) electrons. The Morgan fingerprint density at radius 2 is 2.11 bits per heavy atom. The topological polar surface area (TPSA) is 59.1 Å². The largest absolute Gasteiger partial charge is 0.375 e. The Morgan fingerprint density at radius 3 is 2.79 bits per heavy atom. The summed E-state index contributed by atoms with van der Waals surface area (Å²) in [6.45, 7) is 10.0. The molecule has 0 spiro atoms. The van der Waals surface area contributed by atoms with E-state index in [2.05, 4.69) is 41.4 Å². The molecule has 1 aromatic heterocycles. The number of hydrogen-bond acceptors (Lipinski definition) is 5. The summed E-state index contributed by atoms with van der Waals surface area (Å²) in [6, 6.07) is 0.409. The number of hydrogen-bond donors (Lipinski definition) is 2. The Hall–Kier alpha value is -1.36. The van der Waals surface area contributed by atoms with E-state index in [0.717, 1.165) is 43.2 Å². The molecule has 1 saturated heterocycles. The van der Waals surface area contributed by atoms with Crippen LogP contribution in [0.5, 0.6) is 0 Å². The van der Waals surface area contributed by atoms with E-state index >= 15 is 0 Å². The van der Waals surface area contributed by atoms with E-state index in [0.29, 0.717) is 6.04 Å². The van der Waals surface area contributed by atoms with Crippen molar-refractivity contribution in [2.24, 2.45) is 0 Å². The van der Waals surface area contributed by atoms with Crippen molar-refractivity contribution in [3.8, 4) is 0 Å². The van der Waals surface area contributed by atoms with Gasteiger partial charge in [0.05, 0.1) is 5.60 Å². The Bertz CT molecular complexity index is 433. The lowest BCUT2D eigenvalue weighted by Gasteiger charge is -2.36. The third-order valence-corrected chi connectivity index (χ3v) is 3.47. The zero-order valence-corrected chi connectivity index (χ0v) is 12.3. The molecule has 2 N–H and O–H groups in total. The van der Waals surface area contributed by atoms with Gasteiger partial charge < -0.3 is 15.4 Å². The molecule has 2 rings (SSSR count). The Morgan fingerprint density at radius 1 is 1.37 bits per heavy atom. The van der Waals surface area contributed by atoms with Gasteiger partial charge in [0.25, 0.3) is 0 Å². The average molecular weight is 264 g/mol. The van der Waals surface area contributed by atoms with Crippen molar-refractivity contribution in [2.75, 3.05) is 23.8 Å². The first kappa shape index (κ1) is 14.1. The maximum Gasteiger partial charge on any atom is 0.134 e. The van der Waals surface area contributed by atoms with Gasteiger partial charge in [-0.05, 0) is 40.5 Å². The predicted molar refractivity (Wildman–Crippen MR) is 77.6 cm³/mol. The summed E-state index contributed by atoms with van der Waals surface area (Å²) in [7, 11) is 0. The molecule has 0 aromatic carbocycles. The highest BCUT2D eigenvalue weighted by molar-refractivity contribution is 5.56. The highest BCUT2D eigenvalue weighted by atomic mass is 16.5. The smallest absolute Gasteiger partial charge is 0.134 e. The highest BCUT2D eigenvalue weighted by Crippen LogP contribution is 2.27. The third kappa shape index (κ3) is 3.56. The molecule has 1 aliphatic heterocycles. The fourth-order valence-electron chi connectivity index (χ4n) is 2.49. The first-order valence-electron chi connectivity index (χ1n) is 6.98. The minimum absolute atomic E-state index is 0.0542. The van der Waals surface area contributed by atoms with Gasteiger partial charge in [-0.1, -0.05) is 0 Å². The standard InChI is InChI=1S/C14H24N4O/c1-5-15-12-10(2)13(17-9-16-12)18-11-6-7-19-14(3,4)8-11/h9,11H,5-8H2,1-4H3,(H2,15,16,17,18). The van der Waals surface area contributed by atoms with Crippen LogP contribution in [0.4, 0.5) is 11.6 Å². The van der Waals surface area contributed by atoms with E-state index in [-0.39, 0.29) is 5.60 Å². The number of nitrogens with one attached hydrogen (secondary N) is 2. The molecule has 0 saturated carbocycles. The first-order valence-corrected chi connectivity index (χ1v) is 6.98. The number of anilines is 2. The summed E-state index contributed by atoms with van der Waals surface area (Å²) in [6.07, 6.45) is 3.62. The lowest BCUT2D eigenvalue weighted by Crippen LogP contribution is -2.40. The molecule has 5 nitrogen and oxygen atoms in total. The second kappa shape index (κ2) is 5.74. The van der Waals surface area contributed by atoms with Gasteiger partial charge in [0.2, 0.25) is 0 Å². The van der Waals surface area contributed by atoms with E-state index in [4.69, 9.17) is 4.74 Å². The van der Waals surface area contributed by atoms with Crippen LogP contribution in [0, 0.1) is 6.92 Å². The average Bonchev–Trinajstić information content (AvgIpc) is 2.33. The molecule has 106 valence electrons. The van der Waals surface area contributed by atoms with Gasteiger partial charge in [-0.25, -0.2) is 9.97 Å². The second-order valence-corrected chi connectivity index (χ2v) is 5.67. The number of rotatable bonds is 4. The van der Waals surface area contributed by atoms with Crippen molar-refractivity contribution < 1.29 is 4.74 Å². The monoisotopic (exact) mass is 264 g/mol. The van der Waals surface area contributed by atoms with Gasteiger partial charge in [0.15, 0.2) is 0 Å². The van der Waals surface area contributed by atoms with Gasteiger partial charge in [-0.3, -0.25) is 0 Å². The van der Waals surface area contributed by atoms with Crippen LogP contribution in [0.3, 0.4) is 0 Å². The van der Waals surface area contributed by atoms with Crippen molar-refractivity contribution in [1.82, 2.24) is 9.97 Å². The summed E-state index contributed by atoms with van der Waals surface area (Å²) in [5.74, 6) is 1.83. The summed E-state index contributed by atoms with van der Waals surface area (Å²) < 4.78 is 5.74. The molecular formula is C14H24N4O. The molecule has 0 aliphatic carbocycles. The molecule has 1 fully saturated rings. The van der Waals surface area contributed by atoms with E-state index < -0.39 is 0 Å². The van der Waals surface area contributed by atoms with Crippen LogP contribution in [-0.4, -0.2) is 34.8 Å². The maximum atomic E-state index is 5.74. The summed E-state index contributed by atoms with van der Waals surface area (Å²) >= 11 is 0. The maximum absolute atomic E-state index is 5.74. The molecular weight excluding hydrogens is 240 g/mol. The van der Waals surface area contributed by atoms with Gasteiger partial charge in [-0.15, -0.1) is 0 Å². The van der Waals surface area contributed by atoms with Crippen LogP contribution < -0.4 is 10.6 Å². The van der Waals surface area contributed by atoms with Gasteiger partial charge >= 0.3 is 0 Å². The molecule has 5 heteroatoms. The molecule has 1 unspecified atom stereocenters. The second-order valence-electron chi connectivity index (χ2n) is 5.67. The molecule has 1 atom stereocenters. The lowest BCUT2D eigenvalue weighted by atomic mass is 9.94. The Labute approximate surface area is 115 Å². The van der Waals surface area contributed by atoms with Crippen molar-refractivity contribution in [1.29, 1.82) is 0 Å². The molecule has 2 heterocycles. The first-order chi connectivity index (χ1) is 9.02. The molecule has 1 aliphatic rings. The zero-order chi connectivity index (χ0) is 13.9. The SMILES string of the molecule is CCNc1ncnc(NC2CCOC(C)(C)C2)c1C. The van der Waals surface area contributed by atoms with Crippen LogP contribution in [0.15, 0.2) is 6.33 Å². The van der Waals surface area contributed by atoms with Crippen LogP contribution >= 0.6 is 0 Å². The van der Waals surface area contributed by atoms with E-state index in [1.54, 1.807) is 6.33 Å². The third-order valence-electron chi connectivity index (χ3n) is 3.47.